The lowest BCUT2D eigenvalue weighted by Crippen LogP contribution is -2.49. The standard InChI is InChI=1S/C14H19BNO2/c1-13(2,17)14(3,4)18-15-11-5-6-12-10(9-11)7-8-16-12/h5-9,16-17H,1-4H3. The largest absolute Gasteiger partial charge is 0.427 e. The van der Waals surface area contributed by atoms with Crippen LogP contribution in [0.5, 0.6) is 0 Å². The maximum atomic E-state index is 10.0. The van der Waals surface area contributed by atoms with Crippen LogP contribution in [0.2, 0.25) is 0 Å². The van der Waals surface area contributed by atoms with Gasteiger partial charge in [0.2, 0.25) is 0 Å². The number of benzene rings is 1. The van der Waals surface area contributed by atoms with E-state index in [9.17, 15) is 5.11 Å². The molecule has 0 saturated heterocycles. The quantitative estimate of drug-likeness (QED) is 0.808. The first-order chi connectivity index (χ1) is 8.29. The van der Waals surface area contributed by atoms with Crippen molar-refractivity contribution in [2.24, 2.45) is 0 Å². The van der Waals surface area contributed by atoms with Gasteiger partial charge in [-0.15, -0.1) is 0 Å². The highest BCUT2D eigenvalue weighted by molar-refractivity contribution is 6.47. The molecule has 0 bridgehead atoms. The molecule has 0 aliphatic carbocycles. The van der Waals surface area contributed by atoms with E-state index in [1.165, 1.54) is 0 Å². The monoisotopic (exact) mass is 244 g/mol. The summed E-state index contributed by atoms with van der Waals surface area (Å²) in [5, 5.41) is 11.2. The summed E-state index contributed by atoms with van der Waals surface area (Å²) in [6, 6.07) is 8.07. The van der Waals surface area contributed by atoms with E-state index in [-0.39, 0.29) is 0 Å². The van der Waals surface area contributed by atoms with Crippen LogP contribution in [-0.2, 0) is 4.65 Å². The summed E-state index contributed by atoms with van der Waals surface area (Å²) >= 11 is 0. The molecule has 2 rings (SSSR count). The summed E-state index contributed by atoms with van der Waals surface area (Å²) in [5.74, 6) is 0. The van der Waals surface area contributed by atoms with E-state index < -0.39 is 11.2 Å². The Kier molecular flexibility index (Phi) is 3.26. The van der Waals surface area contributed by atoms with Gasteiger partial charge in [-0.25, -0.2) is 0 Å². The summed E-state index contributed by atoms with van der Waals surface area (Å²) in [5.41, 5.74) is 0.551. The fourth-order valence-corrected chi connectivity index (χ4v) is 1.50. The van der Waals surface area contributed by atoms with Gasteiger partial charge in [-0.05, 0) is 45.2 Å². The second-order valence-corrected chi connectivity index (χ2v) is 5.63. The predicted molar refractivity (Wildman–Crippen MR) is 75.1 cm³/mol. The van der Waals surface area contributed by atoms with E-state index in [1.54, 1.807) is 21.3 Å². The smallest absolute Gasteiger partial charge is 0.330 e. The second-order valence-electron chi connectivity index (χ2n) is 5.63. The van der Waals surface area contributed by atoms with Crippen LogP contribution in [-0.4, -0.2) is 28.8 Å². The Morgan fingerprint density at radius 3 is 2.56 bits per heavy atom. The lowest BCUT2D eigenvalue weighted by molar-refractivity contribution is -0.0893. The normalized spacial score (nSPS) is 12.9. The van der Waals surface area contributed by atoms with Crippen molar-refractivity contribution >= 4 is 23.8 Å². The van der Waals surface area contributed by atoms with Crippen LogP contribution in [0.25, 0.3) is 10.9 Å². The summed E-state index contributed by atoms with van der Waals surface area (Å²) in [6.07, 6.45) is 1.91. The zero-order chi connectivity index (χ0) is 13.4. The highest BCUT2D eigenvalue weighted by Gasteiger charge is 2.35. The highest BCUT2D eigenvalue weighted by Crippen LogP contribution is 2.24. The van der Waals surface area contributed by atoms with E-state index in [1.807, 2.05) is 44.3 Å². The Bertz CT molecular complexity index is 540. The van der Waals surface area contributed by atoms with Crippen molar-refractivity contribution in [3.63, 3.8) is 0 Å². The Morgan fingerprint density at radius 1 is 1.17 bits per heavy atom. The minimum Gasteiger partial charge on any atom is -0.427 e. The average Bonchev–Trinajstić information content (AvgIpc) is 2.71. The molecular formula is C14H19BNO2. The number of rotatable bonds is 4. The summed E-state index contributed by atoms with van der Waals surface area (Å²) in [7, 11) is 1.70. The van der Waals surface area contributed by atoms with Crippen molar-refractivity contribution in [1.29, 1.82) is 0 Å². The van der Waals surface area contributed by atoms with Gasteiger partial charge in [0.25, 0.3) is 0 Å². The number of fused-ring (bicyclic) bond motifs is 1. The SMILES string of the molecule is CC(C)(O)C(C)(C)O[B]c1ccc2[nH]ccc2c1. The molecule has 0 unspecified atom stereocenters. The van der Waals surface area contributed by atoms with Crippen molar-refractivity contribution in [2.45, 2.75) is 38.9 Å². The molecule has 18 heavy (non-hydrogen) atoms. The Labute approximate surface area is 108 Å². The molecule has 4 heteroatoms. The highest BCUT2D eigenvalue weighted by atomic mass is 16.5. The number of aromatic nitrogens is 1. The number of hydrogen-bond acceptors (Lipinski definition) is 2. The molecule has 1 aromatic heterocycles. The van der Waals surface area contributed by atoms with Gasteiger partial charge in [0.1, 0.15) is 0 Å². The number of aromatic amines is 1. The molecule has 0 atom stereocenters. The van der Waals surface area contributed by atoms with Crippen LogP contribution in [0.1, 0.15) is 27.7 Å². The van der Waals surface area contributed by atoms with Crippen molar-refractivity contribution in [1.82, 2.24) is 4.98 Å². The van der Waals surface area contributed by atoms with Gasteiger partial charge < -0.3 is 14.7 Å². The van der Waals surface area contributed by atoms with Crippen LogP contribution in [0.4, 0.5) is 0 Å². The first-order valence-electron chi connectivity index (χ1n) is 6.10. The van der Waals surface area contributed by atoms with Gasteiger partial charge in [0, 0.05) is 11.7 Å². The molecule has 2 aromatic rings. The summed E-state index contributed by atoms with van der Waals surface area (Å²) < 4.78 is 5.72. The van der Waals surface area contributed by atoms with Gasteiger partial charge in [0.05, 0.1) is 11.2 Å². The third-order valence-corrected chi connectivity index (χ3v) is 3.54. The maximum absolute atomic E-state index is 10.0. The molecular weight excluding hydrogens is 225 g/mol. The number of nitrogens with one attached hydrogen (secondary N) is 1. The van der Waals surface area contributed by atoms with Crippen molar-refractivity contribution in [2.75, 3.05) is 0 Å². The molecule has 1 heterocycles. The molecule has 0 amide bonds. The summed E-state index contributed by atoms with van der Waals surface area (Å²) in [6.45, 7) is 7.24. The Hall–Kier alpha value is -1.26. The maximum Gasteiger partial charge on any atom is 0.330 e. The molecule has 0 aliphatic rings. The van der Waals surface area contributed by atoms with Crippen LogP contribution in [0.3, 0.4) is 0 Å². The van der Waals surface area contributed by atoms with Crippen LogP contribution < -0.4 is 5.46 Å². The topological polar surface area (TPSA) is 45.2 Å². The van der Waals surface area contributed by atoms with Crippen molar-refractivity contribution in [3.8, 4) is 0 Å². The molecule has 95 valence electrons. The predicted octanol–water partition coefficient (Wildman–Crippen LogP) is 1.98. The summed E-state index contributed by atoms with van der Waals surface area (Å²) in [4.78, 5) is 3.15. The average molecular weight is 244 g/mol. The van der Waals surface area contributed by atoms with Crippen LogP contribution in [0.15, 0.2) is 30.5 Å². The molecule has 0 fully saturated rings. The van der Waals surface area contributed by atoms with Gasteiger partial charge in [-0.1, -0.05) is 17.6 Å². The zero-order valence-corrected chi connectivity index (χ0v) is 11.3. The molecule has 0 saturated carbocycles. The molecule has 0 spiro atoms. The first kappa shape index (κ1) is 13.2. The fraction of sp³-hybridized carbons (Fsp3) is 0.429. The van der Waals surface area contributed by atoms with E-state index in [4.69, 9.17) is 4.65 Å². The minimum absolute atomic E-state index is 0.639. The van der Waals surface area contributed by atoms with Crippen molar-refractivity contribution < 1.29 is 9.76 Å². The van der Waals surface area contributed by atoms with E-state index in [0.717, 1.165) is 16.4 Å². The first-order valence-corrected chi connectivity index (χ1v) is 6.10. The third-order valence-electron chi connectivity index (χ3n) is 3.54. The number of H-pyrrole nitrogens is 1. The molecule has 2 N–H and O–H groups in total. The van der Waals surface area contributed by atoms with E-state index in [2.05, 4.69) is 4.98 Å². The van der Waals surface area contributed by atoms with Gasteiger partial charge in [0.15, 0.2) is 0 Å². The molecule has 3 nitrogen and oxygen atoms in total. The third kappa shape index (κ3) is 2.60. The van der Waals surface area contributed by atoms with E-state index in [0.29, 0.717) is 0 Å². The van der Waals surface area contributed by atoms with Gasteiger partial charge >= 0.3 is 7.48 Å². The lowest BCUT2D eigenvalue weighted by atomic mass is 9.82. The molecule has 0 aliphatic heterocycles. The fourth-order valence-electron chi connectivity index (χ4n) is 1.50. The van der Waals surface area contributed by atoms with E-state index >= 15 is 0 Å². The molecule has 1 aromatic carbocycles. The molecule has 1 radical (unpaired) electrons. The number of aliphatic hydroxyl groups is 1. The minimum atomic E-state index is -0.901. The second kappa shape index (κ2) is 4.45. The van der Waals surface area contributed by atoms with Crippen LogP contribution in [0, 0.1) is 0 Å². The Balaban J connectivity index is 2.10. The lowest BCUT2D eigenvalue weighted by Gasteiger charge is -2.37. The van der Waals surface area contributed by atoms with Gasteiger partial charge in [-0.2, -0.15) is 0 Å². The zero-order valence-electron chi connectivity index (χ0n) is 11.3. The Morgan fingerprint density at radius 2 is 1.89 bits per heavy atom. The number of hydrogen-bond donors (Lipinski definition) is 2. The van der Waals surface area contributed by atoms with Crippen molar-refractivity contribution in [3.05, 3.63) is 30.5 Å². The van der Waals surface area contributed by atoms with Crippen LogP contribution >= 0.6 is 0 Å². The van der Waals surface area contributed by atoms with Gasteiger partial charge in [-0.3, -0.25) is 0 Å².